The van der Waals surface area contributed by atoms with Crippen LogP contribution in [0.1, 0.15) is 44.6 Å². The molecule has 22 heavy (non-hydrogen) atoms. The molecule has 2 aliphatic rings. The van der Waals surface area contributed by atoms with Crippen LogP contribution in [0.3, 0.4) is 0 Å². The number of carbonyl (C=O) groups is 1. The number of piperidine rings is 1. The fourth-order valence-corrected chi connectivity index (χ4v) is 3.93. The molecule has 2 unspecified atom stereocenters. The topological polar surface area (TPSA) is 41.1 Å². The third kappa shape index (κ3) is 2.89. The molecule has 3 nitrogen and oxygen atoms in total. The summed E-state index contributed by atoms with van der Waals surface area (Å²) < 4.78 is 13.2. The Kier molecular flexibility index (Phi) is 4.48. The average Bonchev–Trinajstić information content (AvgIpc) is 3.01. The van der Waals surface area contributed by atoms with Gasteiger partial charge >= 0.3 is 0 Å². The van der Waals surface area contributed by atoms with E-state index >= 15 is 0 Å². The fourth-order valence-electron chi connectivity index (χ4n) is 3.93. The molecule has 1 saturated carbocycles. The highest BCUT2D eigenvalue weighted by Gasteiger charge is 2.43. The molecule has 1 aliphatic carbocycles. The van der Waals surface area contributed by atoms with Crippen molar-refractivity contribution in [3.05, 3.63) is 35.6 Å². The number of hydrogen-bond donors (Lipinski definition) is 2. The number of hydrogen-bond acceptors (Lipinski definition) is 2. The highest BCUT2D eigenvalue weighted by Crippen LogP contribution is 2.41. The molecule has 2 N–H and O–H groups in total. The summed E-state index contributed by atoms with van der Waals surface area (Å²) in [6.07, 6.45) is 4.83. The Morgan fingerprint density at radius 2 is 1.95 bits per heavy atom. The summed E-state index contributed by atoms with van der Waals surface area (Å²) in [5.74, 6) is 0.337. The minimum absolute atomic E-state index is 0.135. The van der Waals surface area contributed by atoms with E-state index in [4.69, 9.17) is 0 Å². The van der Waals surface area contributed by atoms with Gasteiger partial charge < -0.3 is 10.6 Å². The molecule has 0 aromatic heterocycles. The second-order valence-electron chi connectivity index (χ2n) is 6.85. The number of benzene rings is 1. The van der Waals surface area contributed by atoms with Crippen molar-refractivity contribution in [2.75, 3.05) is 13.1 Å². The highest BCUT2D eigenvalue weighted by molar-refractivity contribution is 5.88. The number of nitrogens with one attached hydrogen (secondary N) is 2. The first-order valence-corrected chi connectivity index (χ1v) is 8.39. The van der Waals surface area contributed by atoms with Crippen LogP contribution in [0.25, 0.3) is 0 Å². The second-order valence-corrected chi connectivity index (χ2v) is 6.85. The molecule has 0 radical (unpaired) electrons. The van der Waals surface area contributed by atoms with Gasteiger partial charge in [0, 0.05) is 6.04 Å². The number of halogens is 1. The monoisotopic (exact) mass is 304 g/mol. The Morgan fingerprint density at radius 3 is 2.59 bits per heavy atom. The van der Waals surface area contributed by atoms with Crippen molar-refractivity contribution in [2.24, 2.45) is 5.92 Å². The van der Waals surface area contributed by atoms with Crippen LogP contribution < -0.4 is 10.6 Å². The molecule has 2 atom stereocenters. The molecule has 120 valence electrons. The summed E-state index contributed by atoms with van der Waals surface area (Å²) in [4.78, 5) is 13.0. The van der Waals surface area contributed by atoms with Crippen molar-refractivity contribution in [3.8, 4) is 0 Å². The largest absolute Gasteiger partial charge is 0.352 e. The fraction of sp³-hybridized carbons (Fsp3) is 0.611. The van der Waals surface area contributed by atoms with Crippen LogP contribution in [0, 0.1) is 11.7 Å². The van der Waals surface area contributed by atoms with Crippen molar-refractivity contribution >= 4 is 5.91 Å². The molecular weight excluding hydrogens is 279 g/mol. The molecule has 1 aliphatic heterocycles. The second kappa shape index (κ2) is 6.37. The molecule has 0 bridgehead atoms. The van der Waals surface area contributed by atoms with Gasteiger partial charge in [0.1, 0.15) is 5.82 Å². The van der Waals surface area contributed by atoms with Gasteiger partial charge in [0.15, 0.2) is 0 Å². The lowest BCUT2D eigenvalue weighted by Crippen LogP contribution is -2.53. The SMILES string of the molecule is CC1CNCCC1NC(=O)C1(c2ccc(F)cc2)CCCC1. The van der Waals surface area contributed by atoms with Crippen molar-refractivity contribution < 1.29 is 9.18 Å². The lowest BCUT2D eigenvalue weighted by atomic mass is 9.77. The number of carbonyl (C=O) groups excluding carboxylic acids is 1. The van der Waals surface area contributed by atoms with Crippen molar-refractivity contribution in [3.63, 3.8) is 0 Å². The van der Waals surface area contributed by atoms with Crippen molar-refractivity contribution in [1.29, 1.82) is 0 Å². The first-order chi connectivity index (χ1) is 10.6. The molecule has 3 rings (SSSR count). The Balaban J connectivity index is 1.81. The van der Waals surface area contributed by atoms with Gasteiger partial charge in [-0.25, -0.2) is 4.39 Å². The Bertz CT molecular complexity index is 522. The van der Waals surface area contributed by atoms with Crippen LogP contribution in [0.2, 0.25) is 0 Å². The van der Waals surface area contributed by atoms with Gasteiger partial charge in [0.25, 0.3) is 0 Å². The number of amides is 1. The molecule has 2 fully saturated rings. The molecule has 1 amide bonds. The quantitative estimate of drug-likeness (QED) is 0.901. The van der Waals surface area contributed by atoms with Gasteiger partial charge in [0.05, 0.1) is 5.41 Å². The van der Waals surface area contributed by atoms with Crippen LogP contribution in [-0.4, -0.2) is 25.0 Å². The molecule has 0 spiro atoms. The lowest BCUT2D eigenvalue weighted by molar-refractivity contribution is -0.127. The van der Waals surface area contributed by atoms with Gasteiger partial charge in [-0.15, -0.1) is 0 Å². The maximum atomic E-state index is 13.2. The van der Waals surface area contributed by atoms with Crippen LogP contribution in [0.5, 0.6) is 0 Å². The van der Waals surface area contributed by atoms with Crippen LogP contribution in [-0.2, 0) is 10.2 Å². The van der Waals surface area contributed by atoms with Gasteiger partial charge in [-0.3, -0.25) is 4.79 Å². The molecular formula is C18H25FN2O. The predicted molar refractivity (Wildman–Crippen MR) is 85.1 cm³/mol. The maximum Gasteiger partial charge on any atom is 0.230 e. The smallest absolute Gasteiger partial charge is 0.230 e. The summed E-state index contributed by atoms with van der Waals surface area (Å²) >= 11 is 0. The maximum absolute atomic E-state index is 13.2. The minimum Gasteiger partial charge on any atom is -0.352 e. The Labute approximate surface area is 131 Å². The summed E-state index contributed by atoms with van der Waals surface area (Å²) in [7, 11) is 0. The van der Waals surface area contributed by atoms with E-state index < -0.39 is 5.41 Å². The van der Waals surface area contributed by atoms with Gasteiger partial charge in [-0.1, -0.05) is 31.9 Å². The van der Waals surface area contributed by atoms with Gasteiger partial charge in [0.2, 0.25) is 5.91 Å². The van der Waals surface area contributed by atoms with E-state index in [0.29, 0.717) is 5.92 Å². The van der Waals surface area contributed by atoms with E-state index in [1.807, 2.05) is 0 Å². The highest BCUT2D eigenvalue weighted by atomic mass is 19.1. The molecule has 1 saturated heterocycles. The van der Waals surface area contributed by atoms with E-state index in [1.165, 1.54) is 12.1 Å². The zero-order chi connectivity index (χ0) is 15.6. The van der Waals surface area contributed by atoms with E-state index in [0.717, 1.165) is 50.8 Å². The van der Waals surface area contributed by atoms with Crippen LogP contribution in [0.4, 0.5) is 4.39 Å². The van der Waals surface area contributed by atoms with E-state index in [9.17, 15) is 9.18 Å². The third-order valence-electron chi connectivity index (χ3n) is 5.39. The minimum atomic E-state index is -0.460. The third-order valence-corrected chi connectivity index (χ3v) is 5.39. The van der Waals surface area contributed by atoms with Gasteiger partial charge in [-0.2, -0.15) is 0 Å². The zero-order valence-corrected chi connectivity index (χ0v) is 13.2. The summed E-state index contributed by atoms with van der Waals surface area (Å²) in [5, 5.41) is 6.65. The summed E-state index contributed by atoms with van der Waals surface area (Å²) in [6, 6.07) is 6.75. The van der Waals surface area contributed by atoms with E-state index in [-0.39, 0.29) is 17.8 Å². The predicted octanol–water partition coefficient (Wildman–Crippen LogP) is 2.75. The Hall–Kier alpha value is -1.42. The molecule has 1 aromatic carbocycles. The van der Waals surface area contributed by atoms with Crippen LogP contribution >= 0.6 is 0 Å². The first kappa shape index (κ1) is 15.5. The number of rotatable bonds is 3. The van der Waals surface area contributed by atoms with Crippen LogP contribution in [0.15, 0.2) is 24.3 Å². The Morgan fingerprint density at radius 1 is 1.27 bits per heavy atom. The lowest BCUT2D eigenvalue weighted by Gasteiger charge is -2.35. The molecule has 1 heterocycles. The van der Waals surface area contributed by atoms with E-state index in [2.05, 4.69) is 17.6 Å². The summed E-state index contributed by atoms with van der Waals surface area (Å²) in [5.41, 5.74) is 0.503. The molecule has 1 aromatic rings. The van der Waals surface area contributed by atoms with Crippen molar-refractivity contribution in [2.45, 2.75) is 50.5 Å². The molecule has 4 heteroatoms. The summed E-state index contributed by atoms with van der Waals surface area (Å²) in [6.45, 7) is 4.09. The van der Waals surface area contributed by atoms with E-state index in [1.54, 1.807) is 12.1 Å². The zero-order valence-electron chi connectivity index (χ0n) is 13.2. The first-order valence-electron chi connectivity index (χ1n) is 8.39. The van der Waals surface area contributed by atoms with Crippen molar-refractivity contribution in [1.82, 2.24) is 10.6 Å². The standard InChI is InChI=1S/C18H25FN2O/c1-13-12-20-11-8-16(13)21-17(22)18(9-2-3-10-18)14-4-6-15(19)7-5-14/h4-7,13,16,20H,2-3,8-12H2,1H3,(H,21,22). The normalized spacial score (nSPS) is 27.5. The van der Waals surface area contributed by atoms with Gasteiger partial charge in [-0.05, 0) is 56.0 Å². The average molecular weight is 304 g/mol.